The van der Waals surface area contributed by atoms with E-state index in [1.54, 1.807) is 0 Å². The van der Waals surface area contributed by atoms with Crippen LogP contribution in [0.3, 0.4) is 0 Å². The second-order valence-corrected chi connectivity index (χ2v) is 4.15. The molecule has 2 rings (SSSR count). The summed E-state index contributed by atoms with van der Waals surface area (Å²) in [4.78, 5) is 4.07. The van der Waals surface area contributed by atoms with Crippen molar-refractivity contribution in [3.63, 3.8) is 0 Å². The van der Waals surface area contributed by atoms with Crippen molar-refractivity contribution in [2.45, 2.75) is 6.54 Å². The van der Waals surface area contributed by atoms with Crippen molar-refractivity contribution in [1.29, 1.82) is 0 Å². The summed E-state index contributed by atoms with van der Waals surface area (Å²) in [6, 6.07) is 0. The van der Waals surface area contributed by atoms with Gasteiger partial charge in [-0.25, -0.2) is 4.68 Å². The fraction of sp³-hybridized carbons (Fsp3) is 0.667. The van der Waals surface area contributed by atoms with Gasteiger partial charge in [-0.3, -0.25) is 0 Å². The number of hydrogen-bond donors (Lipinski definition) is 0. The largest absolute Gasteiger partial charge is 0.381 e. The van der Waals surface area contributed by atoms with E-state index < -0.39 is 0 Å². The van der Waals surface area contributed by atoms with E-state index >= 15 is 0 Å². The molecule has 0 spiro atoms. The third-order valence-corrected chi connectivity index (χ3v) is 2.66. The lowest BCUT2D eigenvalue weighted by atomic mass is 10.1. The number of aromatic nitrogens is 3. The Kier molecular flexibility index (Phi) is 2.47. The Balaban J connectivity index is 2.05. The zero-order chi connectivity index (χ0) is 8.55. The zero-order valence-corrected chi connectivity index (χ0v) is 9.38. The van der Waals surface area contributed by atoms with Gasteiger partial charge in [0.2, 0.25) is 4.73 Å². The lowest BCUT2D eigenvalue weighted by molar-refractivity contribution is -0.0412. The van der Waals surface area contributed by atoms with Crippen LogP contribution in [0.1, 0.15) is 0 Å². The van der Waals surface area contributed by atoms with E-state index in [1.807, 2.05) is 4.68 Å². The Morgan fingerprint density at radius 3 is 2.67 bits per heavy atom. The van der Waals surface area contributed by atoms with Crippen molar-refractivity contribution < 1.29 is 4.74 Å². The van der Waals surface area contributed by atoms with Crippen LogP contribution in [-0.4, -0.2) is 28.0 Å². The quantitative estimate of drug-likeness (QED) is 0.829. The average Bonchev–Trinajstić information content (AvgIpc) is 2.21. The van der Waals surface area contributed by atoms with Crippen LogP contribution in [0.5, 0.6) is 0 Å². The van der Waals surface area contributed by atoms with Crippen molar-refractivity contribution in [3.05, 3.63) is 9.47 Å². The minimum absolute atomic E-state index is 0.592. The Morgan fingerprint density at radius 1 is 1.50 bits per heavy atom. The van der Waals surface area contributed by atoms with Crippen molar-refractivity contribution >= 4 is 31.9 Å². The fourth-order valence-electron chi connectivity index (χ4n) is 1.05. The third-order valence-electron chi connectivity index (χ3n) is 1.74. The molecule has 0 bridgehead atoms. The second kappa shape index (κ2) is 3.43. The number of ether oxygens (including phenoxy) is 1. The van der Waals surface area contributed by atoms with Crippen molar-refractivity contribution in [2.75, 3.05) is 13.2 Å². The maximum atomic E-state index is 5.07. The Hall–Kier alpha value is 0.0600. The molecule has 0 radical (unpaired) electrons. The Labute approximate surface area is 86.6 Å². The molecule has 0 aliphatic carbocycles. The maximum absolute atomic E-state index is 5.07. The Bertz CT molecular complexity index is 284. The summed E-state index contributed by atoms with van der Waals surface area (Å²) < 4.78 is 8.28. The molecule has 1 aliphatic heterocycles. The summed E-state index contributed by atoms with van der Waals surface area (Å²) in [6.07, 6.45) is 0. The van der Waals surface area contributed by atoms with Gasteiger partial charge in [-0.2, -0.15) is 4.98 Å². The first kappa shape index (κ1) is 8.65. The molecular formula is C6H7Br2N3O. The van der Waals surface area contributed by atoms with Crippen molar-refractivity contribution in [1.82, 2.24) is 14.8 Å². The third kappa shape index (κ3) is 1.70. The molecule has 2 heterocycles. The summed E-state index contributed by atoms with van der Waals surface area (Å²) in [5, 5.41) is 4.15. The molecular weight excluding hydrogens is 290 g/mol. The van der Waals surface area contributed by atoms with Gasteiger partial charge in [0, 0.05) is 5.92 Å². The van der Waals surface area contributed by atoms with Crippen LogP contribution in [0, 0.1) is 5.92 Å². The standard InChI is InChI=1S/C6H7Br2N3O/c7-5-9-6(8)11(10-5)1-4-2-12-3-4/h4H,1-3H2. The number of nitrogens with zero attached hydrogens (tertiary/aromatic N) is 3. The number of halogens is 2. The number of hydrogen-bond acceptors (Lipinski definition) is 3. The minimum Gasteiger partial charge on any atom is -0.381 e. The van der Waals surface area contributed by atoms with Crippen LogP contribution >= 0.6 is 31.9 Å². The molecule has 1 fully saturated rings. The highest BCUT2D eigenvalue weighted by Crippen LogP contribution is 2.17. The van der Waals surface area contributed by atoms with Crippen LogP contribution in [0.25, 0.3) is 0 Å². The van der Waals surface area contributed by atoms with Gasteiger partial charge in [0.1, 0.15) is 0 Å². The smallest absolute Gasteiger partial charge is 0.218 e. The first-order chi connectivity index (χ1) is 5.75. The van der Waals surface area contributed by atoms with Gasteiger partial charge in [-0.05, 0) is 31.9 Å². The van der Waals surface area contributed by atoms with Crippen LogP contribution in [0.4, 0.5) is 0 Å². The van der Waals surface area contributed by atoms with E-state index in [2.05, 4.69) is 41.9 Å². The molecule has 1 aromatic heterocycles. The molecule has 0 N–H and O–H groups in total. The average molecular weight is 297 g/mol. The number of rotatable bonds is 2. The highest BCUT2D eigenvalue weighted by Gasteiger charge is 2.20. The van der Waals surface area contributed by atoms with E-state index in [-0.39, 0.29) is 0 Å². The predicted octanol–water partition coefficient (Wildman–Crippen LogP) is 1.45. The van der Waals surface area contributed by atoms with Crippen LogP contribution in [-0.2, 0) is 11.3 Å². The summed E-state index contributed by atoms with van der Waals surface area (Å²) in [5.41, 5.74) is 0. The molecule has 1 aliphatic rings. The van der Waals surface area contributed by atoms with Gasteiger partial charge in [0.25, 0.3) is 0 Å². The Morgan fingerprint density at radius 2 is 2.25 bits per heavy atom. The molecule has 0 atom stereocenters. The molecule has 4 nitrogen and oxygen atoms in total. The fourth-order valence-corrected chi connectivity index (χ4v) is 2.04. The molecule has 1 aromatic rings. The normalized spacial score (nSPS) is 17.8. The molecule has 1 saturated heterocycles. The molecule has 0 saturated carbocycles. The lowest BCUT2D eigenvalue weighted by Gasteiger charge is -2.25. The molecule has 66 valence electrons. The van der Waals surface area contributed by atoms with Gasteiger partial charge in [0.05, 0.1) is 19.8 Å². The highest BCUT2D eigenvalue weighted by atomic mass is 79.9. The van der Waals surface area contributed by atoms with Crippen molar-refractivity contribution in [2.24, 2.45) is 5.92 Å². The summed E-state index contributed by atoms with van der Waals surface area (Å²) in [5.74, 6) is 0.592. The zero-order valence-electron chi connectivity index (χ0n) is 6.20. The molecule has 6 heteroatoms. The van der Waals surface area contributed by atoms with Gasteiger partial charge in [-0.1, -0.05) is 0 Å². The summed E-state index contributed by atoms with van der Waals surface area (Å²) in [6.45, 7) is 2.55. The second-order valence-electron chi connectivity index (χ2n) is 2.74. The molecule has 0 amide bonds. The lowest BCUT2D eigenvalue weighted by Crippen LogP contribution is -2.31. The first-order valence-electron chi connectivity index (χ1n) is 3.59. The van der Waals surface area contributed by atoms with Gasteiger partial charge < -0.3 is 4.74 Å². The van der Waals surface area contributed by atoms with Gasteiger partial charge >= 0.3 is 0 Å². The minimum atomic E-state index is 0.592. The molecule has 0 aromatic carbocycles. The molecule has 12 heavy (non-hydrogen) atoms. The van der Waals surface area contributed by atoms with Gasteiger partial charge in [0.15, 0.2) is 4.73 Å². The highest BCUT2D eigenvalue weighted by molar-refractivity contribution is 9.11. The van der Waals surface area contributed by atoms with Gasteiger partial charge in [-0.15, -0.1) is 5.10 Å². The van der Waals surface area contributed by atoms with E-state index in [9.17, 15) is 0 Å². The van der Waals surface area contributed by atoms with E-state index in [0.29, 0.717) is 10.7 Å². The SMILES string of the molecule is Brc1nc(Br)n(CC2COC2)n1. The van der Waals surface area contributed by atoms with Crippen LogP contribution < -0.4 is 0 Å². The summed E-state index contributed by atoms with van der Waals surface area (Å²) >= 11 is 6.53. The van der Waals surface area contributed by atoms with E-state index in [1.165, 1.54) is 0 Å². The first-order valence-corrected chi connectivity index (χ1v) is 5.18. The van der Waals surface area contributed by atoms with E-state index in [0.717, 1.165) is 24.5 Å². The maximum Gasteiger partial charge on any atom is 0.218 e. The van der Waals surface area contributed by atoms with Crippen LogP contribution in [0.2, 0.25) is 0 Å². The molecule has 0 unspecified atom stereocenters. The topological polar surface area (TPSA) is 39.9 Å². The van der Waals surface area contributed by atoms with Crippen LogP contribution in [0.15, 0.2) is 9.47 Å². The summed E-state index contributed by atoms with van der Waals surface area (Å²) in [7, 11) is 0. The monoisotopic (exact) mass is 295 g/mol. The van der Waals surface area contributed by atoms with E-state index in [4.69, 9.17) is 4.74 Å². The van der Waals surface area contributed by atoms with Crippen molar-refractivity contribution in [3.8, 4) is 0 Å². The predicted molar refractivity (Wildman–Crippen MR) is 49.7 cm³/mol.